The van der Waals surface area contributed by atoms with Gasteiger partial charge in [0.2, 0.25) is 0 Å². The van der Waals surface area contributed by atoms with Crippen molar-refractivity contribution in [1.82, 2.24) is 10.2 Å². The van der Waals surface area contributed by atoms with Crippen LogP contribution in [0.25, 0.3) is 0 Å². The number of methoxy groups -OCH3 is 1. The molecule has 7 heteroatoms. The molecule has 0 radical (unpaired) electrons. The molecule has 3 aromatic carbocycles. The number of nitrogens with one attached hydrogen (secondary N) is 1. The Balaban J connectivity index is 1.60. The van der Waals surface area contributed by atoms with E-state index >= 15 is 0 Å². The molecule has 1 saturated heterocycles. The lowest BCUT2D eigenvalue weighted by atomic mass is 9.96. The number of likely N-dealkylation sites (tertiary alicyclic amines) is 1. The Morgan fingerprint density at radius 2 is 1.51 bits per heavy atom. The van der Waals surface area contributed by atoms with Gasteiger partial charge >= 0.3 is 0 Å². The molecule has 0 spiro atoms. The highest BCUT2D eigenvalue weighted by Gasteiger charge is 2.38. The van der Waals surface area contributed by atoms with Gasteiger partial charge in [-0.1, -0.05) is 35.9 Å². The number of carbonyl (C=O) groups is 1. The predicted molar refractivity (Wildman–Crippen MR) is 134 cm³/mol. The molecule has 6 nitrogen and oxygen atoms in total. The van der Waals surface area contributed by atoms with Crippen molar-refractivity contribution in [3.8, 4) is 12.1 Å². The molecule has 35 heavy (non-hydrogen) atoms. The monoisotopic (exact) mass is 484 g/mol. The van der Waals surface area contributed by atoms with Crippen LogP contribution in [-0.4, -0.2) is 43.7 Å². The maximum absolute atomic E-state index is 13.0. The van der Waals surface area contributed by atoms with Gasteiger partial charge < -0.3 is 10.1 Å². The van der Waals surface area contributed by atoms with Crippen LogP contribution in [0.1, 0.15) is 38.7 Å². The second-order valence-electron chi connectivity index (χ2n) is 8.63. The fourth-order valence-electron chi connectivity index (χ4n) is 4.61. The van der Waals surface area contributed by atoms with E-state index < -0.39 is 0 Å². The number of nitriles is 2. The molecule has 1 aliphatic heterocycles. The van der Waals surface area contributed by atoms with E-state index in [1.807, 2.05) is 48.5 Å². The van der Waals surface area contributed by atoms with Crippen molar-refractivity contribution in [2.24, 2.45) is 5.92 Å². The quantitative estimate of drug-likeness (QED) is 0.531. The Bertz CT molecular complexity index is 1240. The Hall–Kier alpha value is -3.68. The van der Waals surface area contributed by atoms with Crippen LogP contribution in [0, 0.1) is 28.6 Å². The van der Waals surface area contributed by atoms with Crippen molar-refractivity contribution >= 4 is 17.5 Å². The van der Waals surface area contributed by atoms with E-state index in [1.54, 1.807) is 31.4 Å². The standard InChI is InChI=1S/C28H25ClN4O2/c1-35-18-24-16-33(17-26(24)32-28(34)23-8-4-20(15-31)5-9-23)27(22-10-12-25(29)13-11-22)21-6-2-19(14-30)3-7-21/h2-13,24,26-27H,16-18H2,1H3,(H,32,34)/t24-,26-,27?/m1/s1. The topological polar surface area (TPSA) is 89.2 Å². The second-order valence-corrected chi connectivity index (χ2v) is 9.06. The summed E-state index contributed by atoms with van der Waals surface area (Å²) in [4.78, 5) is 15.3. The van der Waals surface area contributed by atoms with Gasteiger partial charge in [0.1, 0.15) is 0 Å². The van der Waals surface area contributed by atoms with Gasteiger partial charge in [0.25, 0.3) is 5.91 Å². The molecule has 0 aliphatic carbocycles. The fraction of sp³-hybridized carbons (Fsp3) is 0.250. The van der Waals surface area contributed by atoms with Gasteiger partial charge in [0.15, 0.2) is 0 Å². The number of carbonyl (C=O) groups excluding carboxylic acids is 1. The van der Waals surface area contributed by atoms with E-state index in [0.717, 1.165) is 17.7 Å². The lowest BCUT2D eigenvalue weighted by molar-refractivity contribution is 0.0907. The molecule has 1 unspecified atom stereocenters. The third kappa shape index (κ3) is 5.70. The summed E-state index contributed by atoms with van der Waals surface area (Å²) in [5.41, 5.74) is 3.77. The zero-order valence-electron chi connectivity index (χ0n) is 19.3. The third-order valence-electron chi connectivity index (χ3n) is 6.35. The number of benzene rings is 3. The van der Waals surface area contributed by atoms with Gasteiger partial charge in [-0.2, -0.15) is 10.5 Å². The van der Waals surface area contributed by atoms with E-state index in [0.29, 0.717) is 34.9 Å². The molecular formula is C28H25ClN4O2. The van der Waals surface area contributed by atoms with Crippen molar-refractivity contribution in [3.63, 3.8) is 0 Å². The fourth-order valence-corrected chi connectivity index (χ4v) is 4.73. The molecule has 0 saturated carbocycles. The number of halogens is 1. The van der Waals surface area contributed by atoms with Gasteiger partial charge in [-0.15, -0.1) is 0 Å². The minimum Gasteiger partial charge on any atom is -0.384 e. The maximum Gasteiger partial charge on any atom is 0.251 e. The third-order valence-corrected chi connectivity index (χ3v) is 6.60. The SMILES string of the molecule is COC[C@H]1CN(C(c2ccc(Cl)cc2)c2ccc(C#N)cc2)C[C@H]1NC(=O)c1ccc(C#N)cc1. The molecule has 0 bridgehead atoms. The Labute approximate surface area is 210 Å². The number of hydrogen-bond acceptors (Lipinski definition) is 5. The molecule has 176 valence electrons. The summed E-state index contributed by atoms with van der Waals surface area (Å²) in [5.74, 6) is -0.0839. The van der Waals surface area contributed by atoms with Crippen LogP contribution in [0.5, 0.6) is 0 Å². The van der Waals surface area contributed by atoms with Crippen LogP contribution in [0.15, 0.2) is 72.8 Å². The van der Waals surface area contributed by atoms with Crippen LogP contribution in [0.4, 0.5) is 0 Å². The van der Waals surface area contributed by atoms with E-state index in [9.17, 15) is 10.1 Å². The normalized spacial score (nSPS) is 18.4. The molecule has 0 aromatic heterocycles. The maximum atomic E-state index is 13.0. The first kappa shape index (κ1) is 24.4. The van der Waals surface area contributed by atoms with Crippen LogP contribution in [0.3, 0.4) is 0 Å². The van der Waals surface area contributed by atoms with Crippen LogP contribution >= 0.6 is 11.6 Å². The molecule has 1 aliphatic rings. The zero-order valence-corrected chi connectivity index (χ0v) is 20.1. The van der Waals surface area contributed by atoms with E-state index in [1.165, 1.54) is 0 Å². The zero-order chi connectivity index (χ0) is 24.8. The molecule has 4 rings (SSSR count). The van der Waals surface area contributed by atoms with E-state index in [4.69, 9.17) is 21.6 Å². The summed E-state index contributed by atoms with van der Waals surface area (Å²) < 4.78 is 5.49. The van der Waals surface area contributed by atoms with Crippen molar-refractivity contribution in [2.75, 3.05) is 26.8 Å². The van der Waals surface area contributed by atoms with Gasteiger partial charge in [0, 0.05) is 42.7 Å². The highest BCUT2D eigenvalue weighted by molar-refractivity contribution is 6.30. The first-order valence-electron chi connectivity index (χ1n) is 11.3. The van der Waals surface area contributed by atoms with E-state index in [2.05, 4.69) is 22.4 Å². The first-order valence-corrected chi connectivity index (χ1v) is 11.7. The highest BCUT2D eigenvalue weighted by atomic mass is 35.5. The molecule has 1 fully saturated rings. The summed E-state index contributed by atoms with van der Waals surface area (Å²) in [6, 6.07) is 26.0. The van der Waals surface area contributed by atoms with Gasteiger partial charge in [-0.25, -0.2) is 0 Å². The number of hydrogen-bond donors (Lipinski definition) is 1. The lowest BCUT2D eigenvalue weighted by Crippen LogP contribution is -2.42. The van der Waals surface area contributed by atoms with Crippen LogP contribution in [-0.2, 0) is 4.74 Å². The first-order chi connectivity index (χ1) is 17.0. The van der Waals surface area contributed by atoms with E-state index in [-0.39, 0.29) is 23.9 Å². The predicted octanol–water partition coefficient (Wildman–Crippen LogP) is 4.55. The number of amides is 1. The average molecular weight is 485 g/mol. The van der Waals surface area contributed by atoms with Crippen molar-refractivity contribution in [1.29, 1.82) is 10.5 Å². The second kappa shape index (κ2) is 11.2. The Morgan fingerprint density at radius 1 is 0.971 bits per heavy atom. The molecule has 1 amide bonds. The molecule has 3 atom stereocenters. The lowest BCUT2D eigenvalue weighted by Gasteiger charge is -2.29. The molecule has 3 aromatic rings. The molecule has 1 N–H and O–H groups in total. The van der Waals surface area contributed by atoms with Crippen molar-refractivity contribution in [2.45, 2.75) is 12.1 Å². The minimum absolute atomic E-state index is 0.0730. The molecular weight excluding hydrogens is 460 g/mol. The summed E-state index contributed by atoms with van der Waals surface area (Å²) in [5, 5.41) is 22.1. The van der Waals surface area contributed by atoms with Gasteiger partial charge in [0.05, 0.1) is 35.9 Å². The Morgan fingerprint density at radius 3 is 2.06 bits per heavy atom. The largest absolute Gasteiger partial charge is 0.384 e. The van der Waals surface area contributed by atoms with Gasteiger partial charge in [-0.3, -0.25) is 9.69 Å². The average Bonchev–Trinajstić information content (AvgIpc) is 3.27. The van der Waals surface area contributed by atoms with Gasteiger partial charge in [-0.05, 0) is 59.7 Å². The van der Waals surface area contributed by atoms with Crippen molar-refractivity contribution < 1.29 is 9.53 Å². The van der Waals surface area contributed by atoms with Crippen LogP contribution in [0.2, 0.25) is 5.02 Å². The highest BCUT2D eigenvalue weighted by Crippen LogP contribution is 2.34. The summed E-state index contributed by atoms with van der Waals surface area (Å²) >= 11 is 6.15. The number of rotatable bonds is 7. The van der Waals surface area contributed by atoms with Crippen molar-refractivity contribution in [3.05, 3.63) is 106 Å². The number of ether oxygens (including phenoxy) is 1. The number of nitrogens with zero attached hydrogens (tertiary/aromatic N) is 3. The minimum atomic E-state index is -0.177. The Kier molecular flexibility index (Phi) is 7.80. The molecule has 1 heterocycles. The summed E-state index contributed by atoms with van der Waals surface area (Å²) in [6.45, 7) is 1.86. The summed E-state index contributed by atoms with van der Waals surface area (Å²) in [7, 11) is 1.67. The smallest absolute Gasteiger partial charge is 0.251 e. The summed E-state index contributed by atoms with van der Waals surface area (Å²) in [6.07, 6.45) is 0. The van der Waals surface area contributed by atoms with Crippen LogP contribution < -0.4 is 5.32 Å².